The molecule has 3 N–H and O–H groups in total. The maximum absolute atomic E-state index is 6.58. The lowest BCUT2D eigenvalue weighted by Gasteiger charge is -2.48. The van der Waals surface area contributed by atoms with Gasteiger partial charge >= 0.3 is 0 Å². The van der Waals surface area contributed by atoms with Crippen molar-refractivity contribution in [3.8, 4) is 5.75 Å². The molecule has 0 saturated carbocycles. The third-order valence-electron chi connectivity index (χ3n) is 5.36. The second-order valence-electron chi connectivity index (χ2n) is 6.66. The molecule has 0 unspecified atom stereocenters. The standard InChI is InChI=1S/C17H19N5O/c18-15-14(23-17-3-7-22(8-4-17)9-5-17)13-11-2-1-6-19-16(11)21-12(13)10-20-15/h1-2,6,10H,3-5,7-9H2,(H2,18,20)(H,19,21). The highest BCUT2D eigenvalue weighted by Crippen LogP contribution is 2.42. The van der Waals surface area contributed by atoms with Crippen molar-refractivity contribution in [3.05, 3.63) is 24.5 Å². The summed E-state index contributed by atoms with van der Waals surface area (Å²) in [4.78, 5) is 14.5. The average molecular weight is 309 g/mol. The number of ether oxygens (including phenoxy) is 1. The Hall–Kier alpha value is -2.34. The molecule has 6 heterocycles. The van der Waals surface area contributed by atoms with Gasteiger partial charge in [0.05, 0.1) is 17.1 Å². The molecule has 3 saturated heterocycles. The van der Waals surface area contributed by atoms with Gasteiger partial charge in [0.15, 0.2) is 11.6 Å². The Morgan fingerprint density at radius 3 is 2.74 bits per heavy atom. The van der Waals surface area contributed by atoms with Crippen molar-refractivity contribution in [2.45, 2.75) is 24.9 Å². The fourth-order valence-corrected chi connectivity index (χ4v) is 3.97. The molecule has 3 aliphatic rings. The lowest BCUT2D eigenvalue weighted by Crippen LogP contribution is -2.55. The quantitative estimate of drug-likeness (QED) is 0.759. The molecule has 0 aromatic carbocycles. The van der Waals surface area contributed by atoms with Crippen molar-refractivity contribution in [1.29, 1.82) is 0 Å². The van der Waals surface area contributed by atoms with Gasteiger partial charge in [0.25, 0.3) is 0 Å². The van der Waals surface area contributed by atoms with Crippen LogP contribution in [0.25, 0.3) is 21.9 Å². The molecular weight excluding hydrogens is 290 g/mol. The van der Waals surface area contributed by atoms with Crippen LogP contribution in [0, 0.1) is 0 Å². The fourth-order valence-electron chi connectivity index (χ4n) is 3.97. The van der Waals surface area contributed by atoms with Gasteiger partial charge < -0.3 is 20.4 Å². The van der Waals surface area contributed by atoms with Gasteiger partial charge in [-0.15, -0.1) is 0 Å². The summed E-state index contributed by atoms with van der Waals surface area (Å²) in [6.07, 6.45) is 6.72. The maximum atomic E-state index is 6.58. The van der Waals surface area contributed by atoms with E-state index in [-0.39, 0.29) is 5.60 Å². The highest BCUT2D eigenvalue weighted by Gasteiger charge is 2.42. The van der Waals surface area contributed by atoms with Gasteiger partial charge in [-0.2, -0.15) is 0 Å². The zero-order chi connectivity index (χ0) is 15.4. The minimum Gasteiger partial charge on any atom is -0.483 e. The van der Waals surface area contributed by atoms with Crippen LogP contribution in [0.1, 0.15) is 19.3 Å². The predicted octanol–water partition coefficient (Wildman–Crippen LogP) is 2.31. The number of nitrogens with one attached hydrogen (secondary N) is 1. The van der Waals surface area contributed by atoms with Crippen LogP contribution < -0.4 is 10.5 Å². The lowest BCUT2D eigenvalue weighted by molar-refractivity contribution is -0.0499. The summed E-state index contributed by atoms with van der Waals surface area (Å²) < 4.78 is 6.58. The number of nitrogen functional groups attached to an aromatic ring is 1. The van der Waals surface area contributed by atoms with E-state index in [4.69, 9.17) is 10.5 Å². The highest BCUT2D eigenvalue weighted by atomic mass is 16.5. The smallest absolute Gasteiger partial charge is 0.172 e. The summed E-state index contributed by atoms with van der Waals surface area (Å²) in [6, 6.07) is 3.99. The number of hydrogen-bond donors (Lipinski definition) is 2. The molecule has 3 aromatic rings. The number of fused-ring (bicyclic) bond motifs is 6. The van der Waals surface area contributed by atoms with E-state index in [1.807, 2.05) is 6.07 Å². The summed E-state index contributed by atoms with van der Waals surface area (Å²) in [5.41, 5.74) is 7.87. The van der Waals surface area contributed by atoms with Crippen molar-refractivity contribution in [1.82, 2.24) is 19.9 Å². The van der Waals surface area contributed by atoms with Crippen LogP contribution in [-0.4, -0.2) is 45.1 Å². The Morgan fingerprint density at radius 1 is 1.17 bits per heavy atom. The van der Waals surface area contributed by atoms with E-state index in [0.29, 0.717) is 5.82 Å². The minimum atomic E-state index is -0.0926. The van der Waals surface area contributed by atoms with Crippen LogP contribution in [0.15, 0.2) is 24.5 Å². The van der Waals surface area contributed by atoms with Crippen molar-refractivity contribution < 1.29 is 4.74 Å². The first-order valence-corrected chi connectivity index (χ1v) is 8.16. The Balaban J connectivity index is 1.69. The van der Waals surface area contributed by atoms with Gasteiger partial charge in [-0.05, 0) is 31.4 Å². The second-order valence-corrected chi connectivity index (χ2v) is 6.66. The first-order valence-electron chi connectivity index (χ1n) is 8.16. The van der Waals surface area contributed by atoms with Crippen LogP contribution in [0.5, 0.6) is 5.75 Å². The molecule has 0 amide bonds. The number of piperidine rings is 3. The molecule has 118 valence electrons. The largest absolute Gasteiger partial charge is 0.483 e. The molecule has 3 aliphatic heterocycles. The summed E-state index contributed by atoms with van der Waals surface area (Å²) in [6.45, 7) is 3.33. The van der Waals surface area contributed by atoms with Gasteiger partial charge in [-0.1, -0.05) is 0 Å². The number of H-pyrrole nitrogens is 1. The Morgan fingerprint density at radius 2 is 1.96 bits per heavy atom. The number of pyridine rings is 2. The van der Waals surface area contributed by atoms with Crippen molar-refractivity contribution in [3.63, 3.8) is 0 Å². The monoisotopic (exact) mass is 309 g/mol. The van der Waals surface area contributed by atoms with Crippen molar-refractivity contribution in [2.75, 3.05) is 25.4 Å². The number of anilines is 1. The average Bonchev–Trinajstić information content (AvgIpc) is 2.98. The molecule has 0 spiro atoms. The minimum absolute atomic E-state index is 0.0926. The summed E-state index contributed by atoms with van der Waals surface area (Å²) in [5, 5.41) is 2.04. The number of aromatic nitrogens is 3. The van der Waals surface area contributed by atoms with Crippen LogP contribution >= 0.6 is 0 Å². The van der Waals surface area contributed by atoms with Gasteiger partial charge in [-0.25, -0.2) is 9.97 Å². The molecule has 0 radical (unpaired) electrons. The number of rotatable bonds is 2. The molecule has 6 rings (SSSR count). The van der Waals surface area contributed by atoms with Crippen molar-refractivity contribution in [2.24, 2.45) is 0 Å². The van der Waals surface area contributed by atoms with Crippen LogP contribution in [-0.2, 0) is 0 Å². The van der Waals surface area contributed by atoms with Crippen LogP contribution in [0.4, 0.5) is 5.82 Å². The number of aromatic amines is 1. The predicted molar refractivity (Wildman–Crippen MR) is 89.5 cm³/mol. The van der Waals surface area contributed by atoms with Gasteiger partial charge in [0.2, 0.25) is 0 Å². The number of hydrogen-bond acceptors (Lipinski definition) is 5. The molecule has 6 heteroatoms. The molecule has 3 aromatic heterocycles. The third-order valence-corrected chi connectivity index (χ3v) is 5.36. The van der Waals surface area contributed by atoms with E-state index in [9.17, 15) is 0 Å². The molecular formula is C17H19N5O. The zero-order valence-corrected chi connectivity index (χ0v) is 12.9. The van der Waals surface area contributed by atoms with E-state index < -0.39 is 0 Å². The number of nitrogens with zero attached hydrogens (tertiary/aromatic N) is 3. The Bertz CT molecular complexity index is 881. The SMILES string of the molecule is Nc1ncc2[nH]c3ncccc3c2c1OC12CCN(CC1)CC2. The molecule has 23 heavy (non-hydrogen) atoms. The normalized spacial score (nSPS) is 26.9. The Kier molecular flexibility index (Phi) is 2.61. The molecule has 0 aliphatic carbocycles. The lowest BCUT2D eigenvalue weighted by atomic mass is 9.83. The van der Waals surface area contributed by atoms with E-state index >= 15 is 0 Å². The second kappa shape index (κ2) is 4.58. The molecule has 6 nitrogen and oxygen atoms in total. The third kappa shape index (κ3) is 1.91. The van der Waals surface area contributed by atoms with Gasteiger partial charge in [0.1, 0.15) is 11.2 Å². The van der Waals surface area contributed by atoms with Gasteiger partial charge in [0, 0.05) is 31.2 Å². The van der Waals surface area contributed by atoms with E-state index in [1.54, 1.807) is 12.4 Å². The van der Waals surface area contributed by atoms with E-state index in [0.717, 1.165) is 66.6 Å². The topological polar surface area (TPSA) is 80.1 Å². The molecule has 2 bridgehead atoms. The molecule has 3 fully saturated rings. The summed E-state index contributed by atoms with van der Waals surface area (Å²) in [5.74, 6) is 1.18. The fraction of sp³-hybridized carbons (Fsp3) is 0.412. The summed E-state index contributed by atoms with van der Waals surface area (Å²) in [7, 11) is 0. The number of nitrogens with two attached hydrogens (primary N) is 1. The van der Waals surface area contributed by atoms with Crippen LogP contribution in [0.3, 0.4) is 0 Å². The summed E-state index contributed by atoms with van der Waals surface area (Å²) >= 11 is 0. The Labute approximate surface area is 133 Å². The first kappa shape index (κ1) is 13.1. The maximum Gasteiger partial charge on any atom is 0.172 e. The van der Waals surface area contributed by atoms with Gasteiger partial charge in [-0.3, -0.25) is 0 Å². The first-order chi connectivity index (χ1) is 11.2. The van der Waals surface area contributed by atoms with E-state index in [1.165, 1.54) is 0 Å². The molecule has 0 atom stereocenters. The van der Waals surface area contributed by atoms with E-state index in [2.05, 4.69) is 25.9 Å². The zero-order valence-electron chi connectivity index (χ0n) is 12.9. The highest BCUT2D eigenvalue weighted by molar-refractivity contribution is 6.10. The van der Waals surface area contributed by atoms with Crippen molar-refractivity contribution >= 4 is 27.8 Å². The van der Waals surface area contributed by atoms with Crippen LogP contribution in [0.2, 0.25) is 0 Å².